The Balaban J connectivity index is 1.68. The van der Waals surface area contributed by atoms with Crippen LogP contribution in [0.2, 0.25) is 0 Å². The van der Waals surface area contributed by atoms with Crippen molar-refractivity contribution in [2.24, 2.45) is 0 Å². The molecule has 1 heterocycles. The molecular weight excluding hydrogens is 398 g/mol. The molecule has 30 heavy (non-hydrogen) atoms. The van der Waals surface area contributed by atoms with Crippen LogP contribution in [0, 0.1) is 0 Å². The summed E-state index contributed by atoms with van der Waals surface area (Å²) in [6.07, 6.45) is -0.912. The van der Waals surface area contributed by atoms with E-state index >= 15 is 0 Å². The van der Waals surface area contributed by atoms with E-state index < -0.39 is 24.1 Å². The van der Waals surface area contributed by atoms with Crippen molar-refractivity contribution in [3.63, 3.8) is 0 Å². The van der Waals surface area contributed by atoms with Gasteiger partial charge in [0.05, 0.1) is 0 Å². The maximum Gasteiger partial charge on any atom is 0.534 e. The number of carbonyl (C=O) groups excluding carboxylic acids is 5. The van der Waals surface area contributed by atoms with Gasteiger partial charge in [0.2, 0.25) is 5.91 Å². The summed E-state index contributed by atoms with van der Waals surface area (Å²) in [5.41, 5.74) is 0.561. The fourth-order valence-corrected chi connectivity index (χ4v) is 2.33. The Kier molecular flexibility index (Phi) is 8.60. The molecule has 0 saturated carbocycles. The Bertz CT molecular complexity index is 777. The van der Waals surface area contributed by atoms with E-state index in [1.807, 2.05) is 6.92 Å². The number of amides is 4. The molecule has 1 saturated heterocycles. The van der Waals surface area contributed by atoms with Gasteiger partial charge < -0.3 is 20.1 Å². The molecule has 1 fully saturated rings. The molecule has 0 aliphatic carbocycles. The lowest BCUT2D eigenvalue weighted by Gasteiger charge is -2.12. The predicted octanol–water partition coefficient (Wildman–Crippen LogP) is 1.41. The SMILES string of the molecule is CCCNC(=O)CCNC(=O)Oc1ccc(COC(=O)ON2C(=O)CCC2=O)cc1. The molecule has 0 unspecified atom stereocenters. The highest BCUT2D eigenvalue weighted by molar-refractivity contribution is 6.01. The summed E-state index contributed by atoms with van der Waals surface area (Å²) in [5, 5.41) is 5.56. The molecule has 4 amide bonds. The van der Waals surface area contributed by atoms with Crippen LogP contribution in [0.25, 0.3) is 0 Å². The molecule has 2 rings (SSSR count). The fourth-order valence-electron chi connectivity index (χ4n) is 2.33. The van der Waals surface area contributed by atoms with Gasteiger partial charge in [-0.3, -0.25) is 19.2 Å². The van der Waals surface area contributed by atoms with Crippen LogP contribution >= 0.6 is 0 Å². The Morgan fingerprint density at radius 2 is 1.67 bits per heavy atom. The summed E-state index contributed by atoms with van der Waals surface area (Å²) >= 11 is 0. The third-order valence-electron chi connectivity index (χ3n) is 3.86. The molecule has 1 aromatic rings. The number of benzene rings is 1. The first kappa shape index (κ1) is 22.7. The fraction of sp³-hybridized carbons (Fsp3) is 0.421. The van der Waals surface area contributed by atoms with Crippen molar-refractivity contribution in [3.8, 4) is 5.75 Å². The molecular formula is C19H23N3O8. The number of carbonyl (C=O) groups is 5. The highest BCUT2D eigenvalue weighted by Crippen LogP contribution is 2.15. The van der Waals surface area contributed by atoms with Crippen molar-refractivity contribution < 1.29 is 38.3 Å². The summed E-state index contributed by atoms with van der Waals surface area (Å²) in [6.45, 7) is 2.50. The monoisotopic (exact) mass is 421 g/mol. The Morgan fingerprint density at radius 3 is 2.30 bits per heavy atom. The molecule has 162 valence electrons. The van der Waals surface area contributed by atoms with Crippen LogP contribution in [-0.2, 0) is 30.6 Å². The largest absolute Gasteiger partial charge is 0.534 e. The van der Waals surface area contributed by atoms with Crippen molar-refractivity contribution in [2.45, 2.75) is 39.2 Å². The highest BCUT2D eigenvalue weighted by Gasteiger charge is 2.33. The summed E-state index contributed by atoms with van der Waals surface area (Å²) < 4.78 is 9.92. The number of hydrogen-bond donors (Lipinski definition) is 2. The lowest BCUT2D eigenvalue weighted by atomic mass is 10.2. The first-order valence-electron chi connectivity index (χ1n) is 9.41. The molecule has 0 atom stereocenters. The van der Waals surface area contributed by atoms with Crippen LogP contribution < -0.4 is 15.4 Å². The second-order valence-electron chi connectivity index (χ2n) is 6.27. The zero-order valence-corrected chi connectivity index (χ0v) is 16.5. The van der Waals surface area contributed by atoms with Gasteiger partial charge in [0, 0.05) is 32.4 Å². The van der Waals surface area contributed by atoms with Crippen LogP contribution in [0.5, 0.6) is 5.75 Å². The molecule has 11 heteroatoms. The van der Waals surface area contributed by atoms with Crippen LogP contribution in [0.15, 0.2) is 24.3 Å². The lowest BCUT2D eigenvalue weighted by Crippen LogP contribution is -2.32. The third-order valence-corrected chi connectivity index (χ3v) is 3.86. The molecule has 0 bridgehead atoms. The van der Waals surface area contributed by atoms with Crippen molar-refractivity contribution >= 4 is 30.0 Å². The summed E-state index contributed by atoms with van der Waals surface area (Å²) in [7, 11) is 0. The number of nitrogens with zero attached hydrogens (tertiary/aromatic N) is 1. The van der Waals surface area contributed by atoms with Crippen LogP contribution in [0.3, 0.4) is 0 Å². The molecule has 0 aromatic heterocycles. The zero-order chi connectivity index (χ0) is 21.9. The third kappa shape index (κ3) is 7.41. The van der Waals surface area contributed by atoms with Crippen LogP contribution in [0.1, 0.15) is 38.2 Å². The summed E-state index contributed by atoms with van der Waals surface area (Å²) in [4.78, 5) is 62.0. The van der Waals surface area contributed by atoms with Gasteiger partial charge in [0.25, 0.3) is 11.8 Å². The standard InChI is InChI=1S/C19H23N3O8/c1-2-10-20-15(23)9-11-21-18(26)29-14-5-3-13(4-6-14)12-28-19(27)30-22-16(24)7-8-17(22)25/h3-6H,2,7-12H2,1H3,(H,20,23)(H,21,26). The minimum atomic E-state index is -1.18. The van der Waals surface area contributed by atoms with Crippen molar-refractivity contribution in [1.29, 1.82) is 0 Å². The van der Waals surface area contributed by atoms with Crippen LogP contribution in [-0.4, -0.2) is 48.1 Å². The topological polar surface area (TPSA) is 140 Å². The molecule has 1 aliphatic heterocycles. The predicted molar refractivity (Wildman–Crippen MR) is 101 cm³/mol. The normalized spacial score (nSPS) is 13.0. The van der Waals surface area contributed by atoms with E-state index in [4.69, 9.17) is 9.47 Å². The molecule has 2 N–H and O–H groups in total. The average Bonchev–Trinajstić information content (AvgIpc) is 3.03. The molecule has 1 aliphatic rings. The van der Waals surface area contributed by atoms with Crippen LogP contribution in [0.4, 0.5) is 9.59 Å². The van der Waals surface area contributed by atoms with Gasteiger partial charge in [-0.15, -0.1) is 0 Å². The van der Waals surface area contributed by atoms with Gasteiger partial charge in [-0.1, -0.05) is 24.1 Å². The second kappa shape index (κ2) is 11.4. The van der Waals surface area contributed by atoms with Crippen molar-refractivity contribution in [2.75, 3.05) is 13.1 Å². The zero-order valence-electron chi connectivity index (χ0n) is 16.5. The summed E-state index contributed by atoms with van der Waals surface area (Å²) in [5.74, 6) is -1.10. The van der Waals surface area contributed by atoms with E-state index in [1.165, 1.54) is 12.1 Å². The van der Waals surface area contributed by atoms with Gasteiger partial charge in [0.15, 0.2) is 0 Å². The summed E-state index contributed by atoms with van der Waals surface area (Å²) in [6, 6.07) is 6.09. The number of ether oxygens (including phenoxy) is 2. The molecule has 1 aromatic carbocycles. The molecule has 11 nitrogen and oxygen atoms in total. The van der Waals surface area contributed by atoms with E-state index in [9.17, 15) is 24.0 Å². The minimum absolute atomic E-state index is 0.00674. The first-order valence-corrected chi connectivity index (χ1v) is 9.41. The number of nitrogens with one attached hydrogen (secondary N) is 2. The highest BCUT2D eigenvalue weighted by atomic mass is 16.8. The maximum atomic E-state index is 11.7. The minimum Gasteiger partial charge on any atom is -0.428 e. The second-order valence-corrected chi connectivity index (χ2v) is 6.27. The number of hydroxylamine groups is 2. The smallest absolute Gasteiger partial charge is 0.428 e. The Labute approximate surface area is 172 Å². The van der Waals surface area contributed by atoms with E-state index in [1.54, 1.807) is 12.1 Å². The van der Waals surface area contributed by atoms with E-state index in [0.717, 1.165) is 6.42 Å². The van der Waals surface area contributed by atoms with Gasteiger partial charge >= 0.3 is 12.2 Å². The maximum absolute atomic E-state index is 11.7. The average molecular weight is 421 g/mol. The molecule has 0 radical (unpaired) electrons. The van der Waals surface area contributed by atoms with E-state index in [-0.39, 0.29) is 44.1 Å². The number of imide groups is 1. The first-order chi connectivity index (χ1) is 14.4. The van der Waals surface area contributed by atoms with Gasteiger partial charge in [0.1, 0.15) is 12.4 Å². The lowest BCUT2D eigenvalue weighted by molar-refractivity contribution is -0.177. The van der Waals surface area contributed by atoms with Crippen molar-refractivity contribution in [3.05, 3.63) is 29.8 Å². The molecule has 0 spiro atoms. The quantitative estimate of drug-likeness (QED) is 0.450. The number of rotatable bonds is 9. The van der Waals surface area contributed by atoms with Gasteiger partial charge in [-0.25, -0.2) is 9.59 Å². The van der Waals surface area contributed by atoms with Gasteiger partial charge in [-0.05, 0) is 24.1 Å². The number of hydrogen-bond acceptors (Lipinski definition) is 8. The Morgan fingerprint density at radius 1 is 1.00 bits per heavy atom. The van der Waals surface area contributed by atoms with Crippen molar-refractivity contribution in [1.82, 2.24) is 15.7 Å². The Hall–Kier alpha value is -3.63. The van der Waals surface area contributed by atoms with Gasteiger partial charge in [-0.2, -0.15) is 0 Å². The van der Waals surface area contributed by atoms with E-state index in [2.05, 4.69) is 15.5 Å². The van der Waals surface area contributed by atoms with E-state index in [0.29, 0.717) is 17.2 Å².